The summed E-state index contributed by atoms with van der Waals surface area (Å²) in [6.45, 7) is 2.02. The highest BCUT2D eigenvalue weighted by molar-refractivity contribution is 7.90. The summed E-state index contributed by atoms with van der Waals surface area (Å²) in [6.07, 6.45) is 2.52. The van der Waals surface area contributed by atoms with E-state index in [1.165, 1.54) is 6.20 Å². The maximum Gasteiger partial charge on any atom is 0.246 e. The first-order valence-corrected chi connectivity index (χ1v) is 5.57. The number of rotatable bonds is 2. The van der Waals surface area contributed by atoms with E-state index >= 15 is 0 Å². The van der Waals surface area contributed by atoms with E-state index in [0.717, 1.165) is 11.8 Å². The van der Waals surface area contributed by atoms with Crippen molar-refractivity contribution in [2.24, 2.45) is 5.73 Å². The van der Waals surface area contributed by atoms with Crippen LogP contribution < -0.4 is 5.73 Å². The summed E-state index contributed by atoms with van der Waals surface area (Å²) in [5.74, 6) is 0. The standard InChI is InChI=1S/C7H11N3O2S/c1-5-6(3-8)4-9-7(10-5)13(2,11)12/h4H,3,8H2,1-2H3. The Morgan fingerprint density at radius 1 is 1.54 bits per heavy atom. The van der Waals surface area contributed by atoms with Crippen LogP contribution in [0, 0.1) is 6.92 Å². The number of aromatic nitrogens is 2. The topological polar surface area (TPSA) is 85.9 Å². The van der Waals surface area contributed by atoms with Crippen LogP contribution in [0.5, 0.6) is 0 Å². The van der Waals surface area contributed by atoms with Gasteiger partial charge in [0, 0.05) is 30.3 Å². The molecule has 0 radical (unpaired) electrons. The Balaban J connectivity index is 3.26. The molecule has 0 aliphatic carbocycles. The lowest BCUT2D eigenvalue weighted by molar-refractivity contribution is 0.591. The van der Waals surface area contributed by atoms with Crippen molar-refractivity contribution in [3.05, 3.63) is 17.5 Å². The van der Waals surface area contributed by atoms with Gasteiger partial charge in [0.1, 0.15) is 0 Å². The quantitative estimate of drug-likeness (QED) is 0.661. The van der Waals surface area contributed by atoms with Crippen LogP contribution in [0.25, 0.3) is 0 Å². The third-order valence-corrected chi connectivity index (χ3v) is 2.47. The summed E-state index contributed by atoms with van der Waals surface area (Å²) in [5.41, 5.74) is 6.75. The van der Waals surface area contributed by atoms with E-state index < -0.39 is 9.84 Å². The molecule has 2 N–H and O–H groups in total. The van der Waals surface area contributed by atoms with Gasteiger partial charge in [0.15, 0.2) is 0 Å². The van der Waals surface area contributed by atoms with Crippen LogP contribution in [0.3, 0.4) is 0 Å². The summed E-state index contributed by atoms with van der Waals surface area (Å²) in [4.78, 5) is 7.54. The molecule has 0 amide bonds. The van der Waals surface area contributed by atoms with Crippen LogP contribution in [0.4, 0.5) is 0 Å². The van der Waals surface area contributed by atoms with E-state index in [0.29, 0.717) is 12.2 Å². The molecule has 0 aromatic carbocycles. The lowest BCUT2D eigenvalue weighted by Gasteiger charge is -2.02. The van der Waals surface area contributed by atoms with Gasteiger partial charge in [-0.3, -0.25) is 0 Å². The number of nitrogens with zero attached hydrogens (tertiary/aromatic N) is 2. The third kappa shape index (κ3) is 2.22. The molecule has 0 aliphatic rings. The normalized spacial score (nSPS) is 11.6. The Morgan fingerprint density at radius 2 is 2.15 bits per heavy atom. The number of hydrogen-bond acceptors (Lipinski definition) is 5. The van der Waals surface area contributed by atoms with Gasteiger partial charge >= 0.3 is 0 Å². The molecule has 5 nitrogen and oxygen atoms in total. The molecule has 1 rings (SSSR count). The molecule has 0 aliphatic heterocycles. The van der Waals surface area contributed by atoms with Crippen LogP contribution in [-0.2, 0) is 16.4 Å². The monoisotopic (exact) mass is 201 g/mol. The zero-order chi connectivity index (χ0) is 10.1. The van der Waals surface area contributed by atoms with E-state index in [1.807, 2.05) is 0 Å². The molecule has 0 fully saturated rings. The van der Waals surface area contributed by atoms with Gasteiger partial charge in [-0.05, 0) is 6.92 Å². The molecule has 72 valence electrons. The first-order valence-electron chi connectivity index (χ1n) is 3.68. The van der Waals surface area contributed by atoms with Gasteiger partial charge in [-0.15, -0.1) is 0 Å². The zero-order valence-electron chi connectivity index (χ0n) is 7.48. The fourth-order valence-corrected chi connectivity index (χ4v) is 1.40. The van der Waals surface area contributed by atoms with Crippen molar-refractivity contribution in [3.8, 4) is 0 Å². The molecular formula is C7H11N3O2S. The summed E-state index contributed by atoms with van der Waals surface area (Å²) < 4.78 is 22.1. The van der Waals surface area contributed by atoms with Crippen LogP contribution in [0.2, 0.25) is 0 Å². The summed E-state index contributed by atoms with van der Waals surface area (Å²) in [7, 11) is -3.31. The largest absolute Gasteiger partial charge is 0.326 e. The zero-order valence-corrected chi connectivity index (χ0v) is 8.30. The van der Waals surface area contributed by atoms with Gasteiger partial charge in [0.05, 0.1) is 0 Å². The van der Waals surface area contributed by atoms with E-state index in [2.05, 4.69) is 9.97 Å². The minimum Gasteiger partial charge on any atom is -0.326 e. The van der Waals surface area contributed by atoms with Crippen molar-refractivity contribution >= 4 is 9.84 Å². The molecule has 0 spiro atoms. The second-order valence-electron chi connectivity index (χ2n) is 2.74. The lowest BCUT2D eigenvalue weighted by atomic mass is 10.2. The van der Waals surface area contributed by atoms with Crippen LogP contribution in [0.1, 0.15) is 11.3 Å². The van der Waals surface area contributed by atoms with E-state index in [-0.39, 0.29) is 5.16 Å². The molecule has 0 atom stereocenters. The lowest BCUT2D eigenvalue weighted by Crippen LogP contribution is -2.08. The van der Waals surface area contributed by atoms with Crippen molar-refractivity contribution in [1.82, 2.24) is 9.97 Å². The van der Waals surface area contributed by atoms with Crippen molar-refractivity contribution in [2.75, 3.05) is 6.26 Å². The maximum absolute atomic E-state index is 11.0. The summed E-state index contributed by atoms with van der Waals surface area (Å²) >= 11 is 0. The number of hydrogen-bond donors (Lipinski definition) is 1. The molecular weight excluding hydrogens is 190 g/mol. The Morgan fingerprint density at radius 3 is 2.54 bits per heavy atom. The minimum atomic E-state index is -3.31. The highest BCUT2D eigenvalue weighted by Crippen LogP contribution is 2.06. The van der Waals surface area contributed by atoms with Crippen LogP contribution in [-0.4, -0.2) is 24.6 Å². The molecule has 0 saturated heterocycles. The SMILES string of the molecule is Cc1nc(S(C)(=O)=O)ncc1CN. The van der Waals surface area contributed by atoms with Gasteiger partial charge < -0.3 is 5.73 Å². The average Bonchev–Trinajstić information content (AvgIpc) is 2.02. The van der Waals surface area contributed by atoms with E-state index in [9.17, 15) is 8.42 Å². The Hall–Kier alpha value is -1.01. The smallest absolute Gasteiger partial charge is 0.246 e. The maximum atomic E-state index is 11.0. The van der Waals surface area contributed by atoms with E-state index in [4.69, 9.17) is 5.73 Å². The fourth-order valence-electron chi connectivity index (χ4n) is 0.850. The average molecular weight is 201 g/mol. The number of nitrogens with two attached hydrogens (primary N) is 1. The molecule has 6 heteroatoms. The van der Waals surface area contributed by atoms with Crippen molar-refractivity contribution in [3.63, 3.8) is 0 Å². The first-order chi connectivity index (χ1) is 5.95. The Kier molecular flexibility index (Phi) is 2.63. The fraction of sp³-hybridized carbons (Fsp3) is 0.429. The van der Waals surface area contributed by atoms with Crippen LogP contribution >= 0.6 is 0 Å². The molecule has 0 bridgehead atoms. The molecule has 0 saturated carbocycles. The van der Waals surface area contributed by atoms with Crippen molar-refractivity contribution in [1.29, 1.82) is 0 Å². The third-order valence-electron chi connectivity index (χ3n) is 1.61. The Bertz CT molecular complexity index is 414. The minimum absolute atomic E-state index is 0.151. The highest BCUT2D eigenvalue weighted by atomic mass is 32.2. The second-order valence-corrected chi connectivity index (χ2v) is 4.65. The van der Waals surface area contributed by atoms with Crippen molar-refractivity contribution < 1.29 is 8.42 Å². The van der Waals surface area contributed by atoms with E-state index in [1.54, 1.807) is 6.92 Å². The first kappa shape index (κ1) is 10.1. The predicted octanol–water partition coefficient (Wildman–Crippen LogP) is -0.353. The van der Waals surface area contributed by atoms with Gasteiger partial charge in [-0.25, -0.2) is 18.4 Å². The van der Waals surface area contributed by atoms with Gasteiger partial charge in [0.25, 0.3) is 0 Å². The molecule has 1 aromatic heterocycles. The molecule has 13 heavy (non-hydrogen) atoms. The van der Waals surface area contributed by atoms with Gasteiger partial charge in [-0.2, -0.15) is 0 Å². The number of aryl methyl sites for hydroxylation is 1. The molecule has 0 unspecified atom stereocenters. The van der Waals surface area contributed by atoms with Crippen molar-refractivity contribution in [2.45, 2.75) is 18.6 Å². The van der Waals surface area contributed by atoms with Gasteiger partial charge in [-0.1, -0.05) is 0 Å². The molecule has 1 aromatic rings. The second kappa shape index (κ2) is 3.39. The summed E-state index contributed by atoms with van der Waals surface area (Å²) in [5, 5.41) is -0.151. The van der Waals surface area contributed by atoms with Gasteiger partial charge in [0.2, 0.25) is 15.0 Å². The summed E-state index contributed by atoms with van der Waals surface area (Å²) in [6, 6.07) is 0. The Labute approximate surface area is 76.9 Å². The predicted molar refractivity (Wildman–Crippen MR) is 47.8 cm³/mol. The van der Waals surface area contributed by atoms with Crippen LogP contribution in [0.15, 0.2) is 11.4 Å². The molecule has 1 heterocycles. The highest BCUT2D eigenvalue weighted by Gasteiger charge is 2.11. The number of sulfone groups is 1.